The smallest absolute Gasteiger partial charge is 0.227 e. The number of pyridine rings is 1. The maximum atomic E-state index is 12.0. The number of anilines is 1. The maximum absolute atomic E-state index is 12.0. The standard InChI is InChI=1S/C17H18N2O/c1-12-7-8-15(19-17(20)13-4-2-5-13)10-16(12)14-6-3-9-18-11-14/h3,6-11,13H,2,4-5H2,1H3,(H,19,20). The Bertz CT molecular complexity index is 618. The van der Waals surface area contributed by atoms with Gasteiger partial charge in [-0.25, -0.2) is 0 Å². The van der Waals surface area contributed by atoms with Crippen LogP contribution in [0.3, 0.4) is 0 Å². The summed E-state index contributed by atoms with van der Waals surface area (Å²) in [5.74, 6) is 0.357. The van der Waals surface area contributed by atoms with Crippen LogP contribution in [0.5, 0.6) is 0 Å². The van der Waals surface area contributed by atoms with Crippen molar-refractivity contribution in [1.29, 1.82) is 0 Å². The lowest BCUT2D eigenvalue weighted by molar-refractivity contribution is -0.122. The molecule has 0 saturated heterocycles. The zero-order valence-corrected chi connectivity index (χ0v) is 11.6. The second kappa shape index (κ2) is 5.45. The molecule has 3 heteroatoms. The van der Waals surface area contributed by atoms with Crippen LogP contribution in [-0.2, 0) is 4.79 Å². The summed E-state index contributed by atoms with van der Waals surface area (Å²) in [6, 6.07) is 9.99. The molecule has 1 fully saturated rings. The van der Waals surface area contributed by atoms with Crippen LogP contribution in [0.4, 0.5) is 5.69 Å². The molecular weight excluding hydrogens is 248 g/mol. The Kier molecular flexibility index (Phi) is 3.50. The highest BCUT2D eigenvalue weighted by Crippen LogP contribution is 2.29. The van der Waals surface area contributed by atoms with Crippen molar-refractivity contribution in [2.45, 2.75) is 26.2 Å². The first-order valence-electron chi connectivity index (χ1n) is 7.06. The van der Waals surface area contributed by atoms with E-state index in [1.165, 1.54) is 12.0 Å². The predicted molar refractivity (Wildman–Crippen MR) is 80.4 cm³/mol. The number of rotatable bonds is 3. The first kappa shape index (κ1) is 12.9. The monoisotopic (exact) mass is 266 g/mol. The number of hydrogen-bond acceptors (Lipinski definition) is 2. The molecule has 20 heavy (non-hydrogen) atoms. The molecule has 1 aliphatic carbocycles. The van der Waals surface area contributed by atoms with Gasteiger partial charge in [-0.3, -0.25) is 9.78 Å². The highest BCUT2D eigenvalue weighted by Gasteiger charge is 2.25. The van der Waals surface area contributed by atoms with Gasteiger partial charge >= 0.3 is 0 Å². The van der Waals surface area contributed by atoms with Crippen molar-refractivity contribution < 1.29 is 4.79 Å². The fourth-order valence-corrected chi connectivity index (χ4v) is 2.45. The average Bonchev–Trinajstić information content (AvgIpc) is 2.40. The molecule has 3 nitrogen and oxygen atoms in total. The molecule has 0 bridgehead atoms. The van der Waals surface area contributed by atoms with Crippen molar-refractivity contribution in [3.8, 4) is 11.1 Å². The number of benzene rings is 1. The molecule has 0 spiro atoms. The normalized spacial score (nSPS) is 14.7. The fourth-order valence-electron chi connectivity index (χ4n) is 2.45. The van der Waals surface area contributed by atoms with Crippen molar-refractivity contribution in [1.82, 2.24) is 4.98 Å². The van der Waals surface area contributed by atoms with E-state index < -0.39 is 0 Å². The summed E-state index contributed by atoms with van der Waals surface area (Å²) in [5.41, 5.74) is 4.24. The minimum absolute atomic E-state index is 0.150. The lowest BCUT2D eigenvalue weighted by atomic mass is 9.85. The molecule has 1 amide bonds. The molecule has 0 unspecified atom stereocenters. The number of amides is 1. The minimum Gasteiger partial charge on any atom is -0.326 e. The van der Waals surface area contributed by atoms with E-state index in [9.17, 15) is 4.79 Å². The summed E-state index contributed by atoms with van der Waals surface area (Å²) in [6.07, 6.45) is 6.83. The first-order valence-corrected chi connectivity index (χ1v) is 7.06. The van der Waals surface area contributed by atoms with Gasteiger partial charge in [0, 0.05) is 29.6 Å². The molecule has 1 N–H and O–H groups in total. The van der Waals surface area contributed by atoms with Crippen LogP contribution < -0.4 is 5.32 Å². The summed E-state index contributed by atoms with van der Waals surface area (Å²) >= 11 is 0. The number of carbonyl (C=O) groups excluding carboxylic acids is 1. The summed E-state index contributed by atoms with van der Waals surface area (Å²) in [5, 5.41) is 3.02. The number of nitrogens with zero attached hydrogens (tertiary/aromatic N) is 1. The molecular formula is C17H18N2O. The molecule has 102 valence electrons. The molecule has 0 atom stereocenters. The van der Waals surface area contributed by atoms with Crippen LogP contribution >= 0.6 is 0 Å². The van der Waals surface area contributed by atoms with Crippen LogP contribution in [0.1, 0.15) is 24.8 Å². The number of aryl methyl sites for hydroxylation is 1. The SMILES string of the molecule is Cc1ccc(NC(=O)C2CCC2)cc1-c1cccnc1. The molecule has 1 saturated carbocycles. The van der Waals surface area contributed by atoms with Gasteiger partial charge in [0.25, 0.3) is 0 Å². The number of hydrogen-bond donors (Lipinski definition) is 1. The van der Waals surface area contributed by atoms with Gasteiger partial charge in [0.2, 0.25) is 5.91 Å². The van der Waals surface area contributed by atoms with E-state index in [0.29, 0.717) is 0 Å². The molecule has 1 aliphatic rings. The van der Waals surface area contributed by atoms with Gasteiger partial charge in [-0.15, -0.1) is 0 Å². The lowest BCUT2D eigenvalue weighted by Crippen LogP contribution is -2.28. The average molecular weight is 266 g/mol. The minimum atomic E-state index is 0.150. The number of carbonyl (C=O) groups is 1. The predicted octanol–water partition coefficient (Wildman–Crippen LogP) is 3.80. The van der Waals surface area contributed by atoms with Gasteiger partial charge in [-0.05, 0) is 49.1 Å². The highest BCUT2D eigenvalue weighted by molar-refractivity contribution is 5.93. The van der Waals surface area contributed by atoms with Crippen LogP contribution in [-0.4, -0.2) is 10.9 Å². The molecule has 0 aliphatic heterocycles. The molecule has 1 heterocycles. The van der Waals surface area contributed by atoms with E-state index in [-0.39, 0.29) is 11.8 Å². The van der Waals surface area contributed by atoms with Gasteiger partial charge in [-0.1, -0.05) is 18.6 Å². The quantitative estimate of drug-likeness (QED) is 0.918. The van der Waals surface area contributed by atoms with E-state index in [0.717, 1.165) is 29.7 Å². The van der Waals surface area contributed by atoms with E-state index in [2.05, 4.69) is 17.2 Å². The summed E-state index contributed by atoms with van der Waals surface area (Å²) in [7, 11) is 0. The fraction of sp³-hybridized carbons (Fsp3) is 0.294. The Morgan fingerprint density at radius 3 is 2.80 bits per heavy atom. The largest absolute Gasteiger partial charge is 0.326 e. The Morgan fingerprint density at radius 1 is 1.30 bits per heavy atom. The molecule has 1 aromatic carbocycles. The number of nitrogens with one attached hydrogen (secondary N) is 1. The van der Waals surface area contributed by atoms with Crippen molar-refractivity contribution in [3.05, 3.63) is 48.3 Å². The van der Waals surface area contributed by atoms with E-state index in [4.69, 9.17) is 0 Å². The van der Waals surface area contributed by atoms with Gasteiger partial charge in [-0.2, -0.15) is 0 Å². The first-order chi connectivity index (χ1) is 9.74. The Hall–Kier alpha value is -2.16. The number of aromatic nitrogens is 1. The van der Waals surface area contributed by atoms with Crippen molar-refractivity contribution >= 4 is 11.6 Å². The third kappa shape index (κ3) is 2.57. The summed E-state index contributed by atoms with van der Waals surface area (Å²) < 4.78 is 0. The molecule has 2 aromatic rings. The molecule has 0 radical (unpaired) electrons. The second-order valence-corrected chi connectivity index (χ2v) is 5.39. The van der Waals surface area contributed by atoms with Crippen molar-refractivity contribution in [2.24, 2.45) is 5.92 Å². The zero-order valence-electron chi connectivity index (χ0n) is 11.6. The summed E-state index contributed by atoms with van der Waals surface area (Å²) in [4.78, 5) is 16.2. The van der Waals surface area contributed by atoms with E-state index in [1.807, 2.05) is 36.5 Å². The third-order valence-electron chi connectivity index (χ3n) is 3.95. The molecule has 3 rings (SSSR count). The van der Waals surface area contributed by atoms with Gasteiger partial charge < -0.3 is 5.32 Å². The molecule has 1 aromatic heterocycles. The van der Waals surface area contributed by atoms with Crippen molar-refractivity contribution in [3.63, 3.8) is 0 Å². The van der Waals surface area contributed by atoms with Gasteiger partial charge in [0.15, 0.2) is 0 Å². The van der Waals surface area contributed by atoms with Gasteiger partial charge in [0.1, 0.15) is 0 Å². The van der Waals surface area contributed by atoms with Crippen LogP contribution in [0.15, 0.2) is 42.7 Å². The topological polar surface area (TPSA) is 42.0 Å². The van der Waals surface area contributed by atoms with Crippen LogP contribution in [0, 0.1) is 12.8 Å². The van der Waals surface area contributed by atoms with Crippen LogP contribution in [0.25, 0.3) is 11.1 Å². The third-order valence-corrected chi connectivity index (χ3v) is 3.95. The van der Waals surface area contributed by atoms with Crippen LogP contribution in [0.2, 0.25) is 0 Å². The summed E-state index contributed by atoms with van der Waals surface area (Å²) in [6.45, 7) is 2.07. The van der Waals surface area contributed by atoms with E-state index in [1.54, 1.807) is 6.20 Å². The van der Waals surface area contributed by atoms with E-state index >= 15 is 0 Å². The Balaban J connectivity index is 1.85. The highest BCUT2D eigenvalue weighted by atomic mass is 16.1. The Labute approximate surface area is 119 Å². The zero-order chi connectivity index (χ0) is 13.9. The maximum Gasteiger partial charge on any atom is 0.227 e. The van der Waals surface area contributed by atoms with Gasteiger partial charge in [0.05, 0.1) is 0 Å². The lowest BCUT2D eigenvalue weighted by Gasteiger charge is -2.24. The van der Waals surface area contributed by atoms with Crippen molar-refractivity contribution in [2.75, 3.05) is 5.32 Å². The Morgan fingerprint density at radius 2 is 2.15 bits per heavy atom. The second-order valence-electron chi connectivity index (χ2n) is 5.39.